The molecule has 0 saturated carbocycles. The Morgan fingerprint density at radius 3 is 1.28 bits per heavy atom. The number of fused-ring (bicyclic) bond motifs is 2. The SMILES string of the molecule is CC1=[C-]c2ccccc2C1C.CC1=[C-]c2ccccc2C1C.[Cl-].[Cl-].[Zr+4]. The van der Waals surface area contributed by atoms with Gasteiger partial charge in [-0.3, -0.25) is 0 Å². The summed E-state index contributed by atoms with van der Waals surface area (Å²) in [6.45, 7) is 8.75. The van der Waals surface area contributed by atoms with Crippen molar-refractivity contribution in [3.63, 3.8) is 0 Å². The zero-order valence-corrected chi connectivity index (χ0v) is 19.0. The van der Waals surface area contributed by atoms with E-state index >= 15 is 0 Å². The number of rotatable bonds is 0. The molecule has 2 atom stereocenters. The summed E-state index contributed by atoms with van der Waals surface area (Å²) < 4.78 is 0. The average molecular weight is 449 g/mol. The summed E-state index contributed by atoms with van der Waals surface area (Å²) in [7, 11) is 0. The summed E-state index contributed by atoms with van der Waals surface area (Å²) in [5.74, 6) is 1.15. The van der Waals surface area contributed by atoms with Gasteiger partial charge in [-0.25, -0.2) is 0 Å². The Kier molecular flexibility index (Phi) is 10.3. The monoisotopic (exact) mass is 446 g/mol. The fourth-order valence-corrected chi connectivity index (χ4v) is 3.08. The molecule has 2 unspecified atom stereocenters. The molecule has 0 aromatic heterocycles. The Balaban J connectivity index is 0.000000411. The third-order valence-corrected chi connectivity index (χ3v) is 4.82. The quantitative estimate of drug-likeness (QED) is 0.490. The molecule has 2 aliphatic carbocycles. The van der Waals surface area contributed by atoms with Crippen molar-refractivity contribution in [1.82, 2.24) is 0 Å². The third kappa shape index (κ3) is 5.19. The van der Waals surface area contributed by atoms with Crippen LogP contribution in [0.5, 0.6) is 0 Å². The molecule has 0 fully saturated rings. The molecule has 2 aromatic rings. The van der Waals surface area contributed by atoms with Gasteiger partial charge in [0.15, 0.2) is 0 Å². The molecule has 0 aliphatic heterocycles. The van der Waals surface area contributed by atoms with E-state index in [1.54, 1.807) is 0 Å². The van der Waals surface area contributed by atoms with Crippen molar-refractivity contribution in [2.45, 2.75) is 39.5 Å². The van der Waals surface area contributed by atoms with Crippen LogP contribution < -0.4 is 24.8 Å². The Morgan fingerprint density at radius 1 is 0.640 bits per heavy atom. The second-order valence-corrected chi connectivity index (χ2v) is 6.23. The molecule has 3 heteroatoms. The smallest absolute Gasteiger partial charge is 1.00 e. The summed E-state index contributed by atoms with van der Waals surface area (Å²) in [5.41, 5.74) is 8.10. The summed E-state index contributed by atoms with van der Waals surface area (Å²) >= 11 is 0. The van der Waals surface area contributed by atoms with E-state index in [2.05, 4.69) is 88.4 Å². The molecule has 128 valence electrons. The standard InChI is InChI=1S/2C11H11.2ClH.Zr/c2*1-8-7-10-5-3-4-6-11(10)9(8)2;;;/h2*3-6,9H,1-2H3;2*1H;/q2*-1;;;+4/p-2. The molecule has 0 N–H and O–H groups in total. The predicted molar refractivity (Wildman–Crippen MR) is 92.8 cm³/mol. The van der Waals surface area contributed by atoms with Gasteiger partial charge >= 0.3 is 26.2 Å². The van der Waals surface area contributed by atoms with Crippen molar-refractivity contribution >= 4 is 0 Å². The number of allylic oxidation sites excluding steroid dienone is 2. The van der Waals surface area contributed by atoms with Gasteiger partial charge in [-0.05, 0) is 0 Å². The molecule has 0 bridgehead atoms. The Hall–Kier alpha value is -0.617. The van der Waals surface area contributed by atoms with Gasteiger partial charge in [0, 0.05) is 0 Å². The van der Waals surface area contributed by atoms with Gasteiger partial charge in [-0.2, -0.15) is 35.4 Å². The first-order valence-electron chi connectivity index (χ1n) is 7.96. The van der Waals surface area contributed by atoms with Crippen LogP contribution in [-0.2, 0) is 26.2 Å². The van der Waals surface area contributed by atoms with Gasteiger partial charge in [0.25, 0.3) is 0 Å². The van der Waals surface area contributed by atoms with Crippen LogP contribution in [0.25, 0.3) is 0 Å². The van der Waals surface area contributed by atoms with Crippen LogP contribution in [0.4, 0.5) is 0 Å². The van der Waals surface area contributed by atoms with Gasteiger partial charge in [0.2, 0.25) is 0 Å². The van der Waals surface area contributed by atoms with Gasteiger partial charge in [0.1, 0.15) is 0 Å². The van der Waals surface area contributed by atoms with Crippen LogP contribution in [0.1, 0.15) is 61.8 Å². The van der Waals surface area contributed by atoms with Gasteiger partial charge in [0.05, 0.1) is 0 Å². The number of hydrogen-bond acceptors (Lipinski definition) is 0. The first kappa shape index (κ1) is 24.4. The van der Waals surface area contributed by atoms with Crippen LogP contribution in [-0.4, -0.2) is 0 Å². The van der Waals surface area contributed by atoms with Gasteiger partial charge in [-0.15, -0.1) is 46.5 Å². The molecule has 0 saturated heterocycles. The minimum absolute atomic E-state index is 0. The second-order valence-electron chi connectivity index (χ2n) is 6.23. The van der Waals surface area contributed by atoms with E-state index in [-0.39, 0.29) is 51.0 Å². The topological polar surface area (TPSA) is 0 Å². The van der Waals surface area contributed by atoms with E-state index < -0.39 is 0 Å². The van der Waals surface area contributed by atoms with E-state index in [0.29, 0.717) is 11.8 Å². The summed E-state index contributed by atoms with van der Waals surface area (Å²) in [6.07, 6.45) is 6.73. The van der Waals surface area contributed by atoms with Gasteiger partial charge in [-0.1, -0.05) is 51.7 Å². The molecule has 25 heavy (non-hydrogen) atoms. The summed E-state index contributed by atoms with van der Waals surface area (Å²) in [5, 5.41) is 0. The van der Waals surface area contributed by atoms with Crippen LogP contribution in [0, 0.1) is 12.2 Å². The molecule has 2 aliphatic rings. The summed E-state index contributed by atoms with van der Waals surface area (Å²) in [6, 6.07) is 16.9. The first-order chi connectivity index (χ1) is 10.6. The zero-order chi connectivity index (χ0) is 15.7. The van der Waals surface area contributed by atoms with Crippen molar-refractivity contribution < 1.29 is 51.0 Å². The molecule has 0 amide bonds. The number of benzene rings is 2. The van der Waals surface area contributed by atoms with E-state index in [9.17, 15) is 0 Å². The van der Waals surface area contributed by atoms with Crippen molar-refractivity contribution in [2.75, 3.05) is 0 Å². The Morgan fingerprint density at radius 2 is 0.960 bits per heavy atom. The molecule has 0 spiro atoms. The fourth-order valence-electron chi connectivity index (χ4n) is 3.08. The van der Waals surface area contributed by atoms with E-state index in [4.69, 9.17) is 0 Å². The fraction of sp³-hybridized carbons (Fsp3) is 0.273. The molecular weight excluding hydrogens is 426 g/mol. The van der Waals surface area contributed by atoms with Crippen LogP contribution >= 0.6 is 0 Å². The molecule has 4 rings (SSSR count). The third-order valence-electron chi connectivity index (χ3n) is 4.82. The number of halogens is 2. The average Bonchev–Trinajstić information content (AvgIpc) is 2.98. The van der Waals surface area contributed by atoms with Gasteiger partial charge < -0.3 is 24.8 Å². The van der Waals surface area contributed by atoms with Crippen LogP contribution in [0.15, 0.2) is 59.7 Å². The molecule has 0 heterocycles. The first-order valence-corrected chi connectivity index (χ1v) is 7.96. The van der Waals surface area contributed by atoms with E-state index in [0.717, 1.165) is 0 Å². The second kappa shape index (κ2) is 10.5. The minimum Gasteiger partial charge on any atom is -1.00 e. The normalized spacial score (nSPS) is 18.7. The maximum absolute atomic E-state index is 3.36. The number of hydrogen-bond donors (Lipinski definition) is 0. The summed E-state index contributed by atoms with van der Waals surface area (Å²) in [4.78, 5) is 0. The van der Waals surface area contributed by atoms with Crippen LogP contribution in [0.2, 0.25) is 0 Å². The maximum atomic E-state index is 3.36. The van der Waals surface area contributed by atoms with Crippen molar-refractivity contribution in [3.05, 3.63) is 94.1 Å². The van der Waals surface area contributed by atoms with E-state index in [1.165, 1.54) is 33.4 Å². The van der Waals surface area contributed by atoms with Crippen molar-refractivity contribution in [3.8, 4) is 0 Å². The van der Waals surface area contributed by atoms with Crippen molar-refractivity contribution in [2.24, 2.45) is 0 Å². The van der Waals surface area contributed by atoms with E-state index in [1.807, 2.05) is 0 Å². The maximum Gasteiger partial charge on any atom is 4.00 e. The minimum atomic E-state index is 0. The molecule has 0 nitrogen and oxygen atoms in total. The predicted octanol–water partition coefficient (Wildman–Crippen LogP) is -0.192. The Bertz CT molecular complexity index is 697. The van der Waals surface area contributed by atoms with Crippen LogP contribution in [0.3, 0.4) is 0 Å². The Labute approximate surface area is 183 Å². The zero-order valence-electron chi connectivity index (χ0n) is 15.0. The molecule has 2 aromatic carbocycles. The molecular formula is C22H22Cl2Zr. The molecule has 0 radical (unpaired) electrons. The van der Waals surface area contributed by atoms with Crippen molar-refractivity contribution in [1.29, 1.82) is 0 Å². The largest absolute Gasteiger partial charge is 4.00 e.